The molecule has 2 N–H and O–H groups in total. The maximum absolute atomic E-state index is 8.65. The van der Waals surface area contributed by atoms with Crippen molar-refractivity contribution in [2.45, 2.75) is 0 Å². The lowest BCUT2D eigenvalue weighted by Crippen LogP contribution is -1.61. The molecule has 3 heteroatoms. The maximum atomic E-state index is 8.65. The van der Waals surface area contributed by atoms with E-state index in [1.807, 2.05) is 0 Å². The quantitative estimate of drug-likeness (QED) is 0.395. The number of phenolic OH excluding ortho intramolecular Hbond substituents is 2. The van der Waals surface area contributed by atoms with E-state index in [4.69, 9.17) is 10.2 Å². The number of hydrogen-bond donors (Lipinski definition) is 2. The molecule has 2 nitrogen and oxygen atoms in total. The van der Waals surface area contributed by atoms with Gasteiger partial charge in [-0.3, -0.25) is 0 Å². The molecule has 46 valence electrons. The van der Waals surface area contributed by atoms with E-state index in [2.05, 4.69) is 0 Å². The number of hydrogen-bond acceptors (Lipinski definition) is 2. The van der Waals surface area contributed by atoms with E-state index in [1.54, 1.807) is 0 Å². The SMILES string of the molecule is Oc1ccc(O)cc1.[MgH2]. The molecule has 0 radical (unpaired) electrons. The van der Waals surface area contributed by atoms with Crippen LogP contribution in [0.1, 0.15) is 0 Å². The molecule has 0 aliphatic heterocycles. The van der Waals surface area contributed by atoms with Crippen molar-refractivity contribution < 1.29 is 10.2 Å². The Balaban J connectivity index is 0.000000640. The van der Waals surface area contributed by atoms with E-state index in [9.17, 15) is 0 Å². The summed E-state index contributed by atoms with van der Waals surface area (Å²) in [6.07, 6.45) is 0. The second-order valence-corrected chi connectivity index (χ2v) is 1.52. The van der Waals surface area contributed by atoms with Crippen LogP contribution in [0, 0.1) is 0 Å². The second-order valence-electron chi connectivity index (χ2n) is 1.52. The minimum Gasteiger partial charge on any atom is -0.508 e. The van der Waals surface area contributed by atoms with Crippen LogP contribution in [-0.4, -0.2) is 33.3 Å². The first-order chi connectivity index (χ1) is 3.79. The summed E-state index contributed by atoms with van der Waals surface area (Å²) >= 11 is 0. The van der Waals surface area contributed by atoms with Gasteiger partial charge in [0, 0.05) is 0 Å². The average molecular weight is 136 g/mol. The molecular weight excluding hydrogens is 128 g/mol. The van der Waals surface area contributed by atoms with Gasteiger partial charge in [-0.15, -0.1) is 0 Å². The number of phenols is 2. The average Bonchev–Trinajstić information content (AvgIpc) is 1.77. The summed E-state index contributed by atoms with van der Waals surface area (Å²) in [5.74, 6) is 0.339. The van der Waals surface area contributed by atoms with Crippen molar-refractivity contribution in [3.63, 3.8) is 0 Å². The predicted octanol–water partition coefficient (Wildman–Crippen LogP) is 0.182. The van der Waals surface area contributed by atoms with Gasteiger partial charge in [-0.25, -0.2) is 0 Å². The highest BCUT2D eigenvalue weighted by Gasteiger charge is 1.84. The number of benzene rings is 1. The van der Waals surface area contributed by atoms with Gasteiger partial charge in [-0.1, -0.05) is 0 Å². The molecule has 0 aliphatic rings. The normalized spacial score (nSPS) is 8.00. The zero-order chi connectivity index (χ0) is 5.98. The summed E-state index contributed by atoms with van der Waals surface area (Å²) in [6, 6.07) is 5.70. The van der Waals surface area contributed by atoms with Crippen LogP contribution in [0.4, 0.5) is 0 Å². The van der Waals surface area contributed by atoms with Crippen LogP contribution in [0.15, 0.2) is 24.3 Å². The van der Waals surface area contributed by atoms with Gasteiger partial charge in [-0.05, 0) is 24.3 Å². The first-order valence-electron chi connectivity index (χ1n) is 2.27. The minimum absolute atomic E-state index is 0. The zero-order valence-corrected chi connectivity index (χ0v) is 4.20. The Morgan fingerprint density at radius 2 is 1.00 bits per heavy atom. The Bertz CT molecular complexity index is 150. The molecule has 9 heavy (non-hydrogen) atoms. The summed E-state index contributed by atoms with van der Waals surface area (Å²) < 4.78 is 0. The largest absolute Gasteiger partial charge is 0.508 e. The maximum Gasteiger partial charge on any atom is 0.316 e. The molecular formula is C6H8MgO2. The van der Waals surface area contributed by atoms with Crippen LogP contribution in [0.2, 0.25) is 0 Å². The Labute approximate surface area is 69.3 Å². The van der Waals surface area contributed by atoms with Gasteiger partial charge in [0.25, 0.3) is 0 Å². The van der Waals surface area contributed by atoms with E-state index in [0.717, 1.165) is 0 Å². The van der Waals surface area contributed by atoms with Crippen molar-refractivity contribution in [2.24, 2.45) is 0 Å². The first-order valence-corrected chi connectivity index (χ1v) is 2.27. The lowest BCUT2D eigenvalue weighted by Gasteiger charge is -1.88. The highest BCUT2D eigenvalue weighted by Crippen LogP contribution is 2.13. The van der Waals surface area contributed by atoms with Gasteiger partial charge in [0.1, 0.15) is 11.5 Å². The van der Waals surface area contributed by atoms with Crippen LogP contribution in [0.5, 0.6) is 11.5 Å². The summed E-state index contributed by atoms with van der Waals surface area (Å²) in [6.45, 7) is 0. The minimum atomic E-state index is 0. The molecule has 0 heterocycles. The molecule has 1 aromatic rings. The molecule has 0 aromatic heterocycles. The lowest BCUT2D eigenvalue weighted by atomic mass is 10.3. The van der Waals surface area contributed by atoms with E-state index >= 15 is 0 Å². The summed E-state index contributed by atoms with van der Waals surface area (Å²) in [5.41, 5.74) is 0. The third-order valence-corrected chi connectivity index (χ3v) is 0.850. The first kappa shape index (κ1) is 8.59. The van der Waals surface area contributed by atoms with E-state index in [1.165, 1.54) is 24.3 Å². The predicted molar refractivity (Wildman–Crippen MR) is 38.3 cm³/mol. The number of aromatic hydroxyl groups is 2. The van der Waals surface area contributed by atoms with Crippen molar-refractivity contribution in [3.8, 4) is 11.5 Å². The fourth-order valence-electron chi connectivity index (χ4n) is 0.453. The molecule has 1 rings (SSSR count). The number of rotatable bonds is 0. The lowest BCUT2D eigenvalue weighted by molar-refractivity contribution is 0.460. The van der Waals surface area contributed by atoms with E-state index in [0.29, 0.717) is 0 Å². The monoisotopic (exact) mass is 136 g/mol. The fourth-order valence-corrected chi connectivity index (χ4v) is 0.453. The molecule has 1 aromatic carbocycles. The molecule has 0 fully saturated rings. The van der Waals surface area contributed by atoms with Gasteiger partial charge in [0.05, 0.1) is 0 Å². The second kappa shape index (κ2) is 3.58. The molecule has 0 amide bonds. The highest BCUT2D eigenvalue weighted by atomic mass is 24.3. The summed E-state index contributed by atoms with van der Waals surface area (Å²) in [4.78, 5) is 0. The highest BCUT2D eigenvalue weighted by molar-refractivity contribution is 5.75. The molecule has 0 unspecified atom stereocenters. The smallest absolute Gasteiger partial charge is 0.316 e. The third kappa shape index (κ3) is 2.58. The zero-order valence-electron chi connectivity index (χ0n) is 4.20. The van der Waals surface area contributed by atoms with Gasteiger partial charge < -0.3 is 10.2 Å². The third-order valence-electron chi connectivity index (χ3n) is 0.850. The summed E-state index contributed by atoms with van der Waals surface area (Å²) in [5, 5.41) is 17.3. The van der Waals surface area contributed by atoms with Crippen molar-refractivity contribution in [2.75, 3.05) is 0 Å². The fraction of sp³-hybridized carbons (Fsp3) is 0. The van der Waals surface area contributed by atoms with Crippen molar-refractivity contribution in [1.29, 1.82) is 0 Å². The molecule has 0 bridgehead atoms. The van der Waals surface area contributed by atoms with Crippen LogP contribution in [-0.2, 0) is 0 Å². The van der Waals surface area contributed by atoms with Crippen molar-refractivity contribution in [3.05, 3.63) is 24.3 Å². The molecule has 0 atom stereocenters. The van der Waals surface area contributed by atoms with Crippen molar-refractivity contribution in [1.82, 2.24) is 0 Å². The van der Waals surface area contributed by atoms with Crippen LogP contribution < -0.4 is 0 Å². The Morgan fingerprint density at radius 3 is 1.22 bits per heavy atom. The molecule has 0 saturated carbocycles. The Kier molecular flexibility index (Phi) is 3.42. The van der Waals surface area contributed by atoms with Crippen molar-refractivity contribution >= 4 is 23.1 Å². The van der Waals surface area contributed by atoms with E-state index in [-0.39, 0.29) is 34.6 Å². The summed E-state index contributed by atoms with van der Waals surface area (Å²) in [7, 11) is 0. The topological polar surface area (TPSA) is 40.5 Å². The van der Waals surface area contributed by atoms with Gasteiger partial charge in [-0.2, -0.15) is 0 Å². The molecule has 0 saturated heterocycles. The van der Waals surface area contributed by atoms with Gasteiger partial charge in [0.15, 0.2) is 0 Å². The van der Waals surface area contributed by atoms with Crippen LogP contribution in [0.3, 0.4) is 0 Å². The molecule has 0 aliphatic carbocycles. The van der Waals surface area contributed by atoms with Gasteiger partial charge >= 0.3 is 23.1 Å². The Morgan fingerprint density at radius 1 is 0.778 bits per heavy atom. The Hall–Kier alpha value is -0.414. The van der Waals surface area contributed by atoms with E-state index < -0.39 is 0 Å². The molecule has 0 spiro atoms. The van der Waals surface area contributed by atoms with Gasteiger partial charge in [0.2, 0.25) is 0 Å². The van der Waals surface area contributed by atoms with Crippen LogP contribution in [0.25, 0.3) is 0 Å². The standard InChI is InChI=1S/C6H6O2.Mg.2H/c7-5-1-2-6(8)4-3-5;;;/h1-4,7-8H;;;. The van der Waals surface area contributed by atoms with Crippen LogP contribution >= 0.6 is 0 Å².